The van der Waals surface area contributed by atoms with Crippen LogP contribution in [0.3, 0.4) is 0 Å². The van der Waals surface area contributed by atoms with Crippen LogP contribution in [0.15, 0.2) is 60.7 Å². The van der Waals surface area contributed by atoms with Gasteiger partial charge in [0.15, 0.2) is 0 Å². The largest absolute Gasteiger partial charge is 0.458 e. The zero-order valence-electron chi connectivity index (χ0n) is 17.2. The first-order valence-electron chi connectivity index (χ1n) is 10.9. The van der Waals surface area contributed by atoms with Gasteiger partial charge >= 0.3 is 5.97 Å². The van der Waals surface area contributed by atoms with Crippen molar-refractivity contribution in [3.05, 3.63) is 71.8 Å². The van der Waals surface area contributed by atoms with Crippen LogP contribution in [0.4, 0.5) is 0 Å². The van der Waals surface area contributed by atoms with E-state index in [9.17, 15) is 14.4 Å². The molecule has 4 heteroatoms. The molecule has 0 spiro atoms. The first-order valence-corrected chi connectivity index (χ1v) is 10.9. The predicted molar refractivity (Wildman–Crippen MR) is 114 cm³/mol. The third kappa shape index (κ3) is 4.86. The Kier molecular flexibility index (Phi) is 6.41. The Labute approximate surface area is 177 Å². The van der Waals surface area contributed by atoms with Crippen LogP contribution in [0, 0.1) is 17.8 Å². The lowest BCUT2D eigenvalue weighted by Crippen LogP contribution is -2.26. The van der Waals surface area contributed by atoms with Gasteiger partial charge in [0.1, 0.15) is 17.7 Å². The minimum Gasteiger partial charge on any atom is -0.458 e. The second kappa shape index (κ2) is 9.38. The minimum atomic E-state index is -0.313. The summed E-state index contributed by atoms with van der Waals surface area (Å²) in [4.78, 5) is 37.1. The third-order valence-corrected chi connectivity index (χ3v) is 6.68. The number of hydrogen-bond acceptors (Lipinski definition) is 4. The molecule has 156 valence electrons. The molecule has 4 rings (SSSR count). The molecular weight excluding hydrogens is 376 g/mol. The minimum absolute atomic E-state index is 0.0924. The lowest BCUT2D eigenvalue weighted by molar-refractivity contribution is -0.119. The molecule has 0 bridgehead atoms. The molecule has 0 saturated heterocycles. The molecule has 4 atom stereocenters. The zero-order chi connectivity index (χ0) is 20.9. The first-order chi connectivity index (χ1) is 14.6. The number of benzene rings is 2. The van der Waals surface area contributed by atoms with Gasteiger partial charge in [0, 0.05) is 25.7 Å². The van der Waals surface area contributed by atoms with Gasteiger partial charge in [-0.15, -0.1) is 0 Å². The molecule has 2 aromatic carbocycles. The van der Waals surface area contributed by atoms with Crippen molar-refractivity contribution in [1.82, 2.24) is 0 Å². The molecular formula is C26H28O4. The van der Waals surface area contributed by atoms with E-state index in [2.05, 4.69) is 0 Å². The monoisotopic (exact) mass is 404 g/mol. The molecule has 1 unspecified atom stereocenters. The lowest BCUT2D eigenvalue weighted by Gasteiger charge is -2.24. The third-order valence-electron chi connectivity index (χ3n) is 6.68. The molecule has 0 amide bonds. The van der Waals surface area contributed by atoms with Gasteiger partial charge < -0.3 is 4.74 Å². The summed E-state index contributed by atoms with van der Waals surface area (Å²) in [5, 5.41) is 0. The maximum Gasteiger partial charge on any atom is 0.338 e. The Balaban J connectivity index is 1.36. The standard InChI is InChI=1S/C26H28O4/c27-21(12-11-18-7-3-1-4-8-18)13-14-23-24-17-22(28)15-20(24)16-25(23)30-26(29)19-9-5-2-6-10-19/h1-10,20,23-25H,11-17H2/t20?,23-,24+,25-/m1/s1. The molecule has 2 aliphatic rings. The van der Waals surface area contributed by atoms with Gasteiger partial charge in [-0.3, -0.25) is 9.59 Å². The van der Waals surface area contributed by atoms with E-state index in [1.807, 2.05) is 48.5 Å². The number of esters is 1. The van der Waals surface area contributed by atoms with E-state index in [0.717, 1.165) is 12.8 Å². The Morgan fingerprint density at radius 3 is 2.33 bits per heavy atom. The van der Waals surface area contributed by atoms with Crippen LogP contribution in [0.1, 0.15) is 54.4 Å². The zero-order valence-corrected chi connectivity index (χ0v) is 17.2. The molecule has 0 aliphatic heterocycles. The van der Waals surface area contributed by atoms with Gasteiger partial charge in [-0.05, 0) is 54.7 Å². The van der Waals surface area contributed by atoms with Crippen molar-refractivity contribution in [1.29, 1.82) is 0 Å². The molecule has 30 heavy (non-hydrogen) atoms. The summed E-state index contributed by atoms with van der Waals surface area (Å²) >= 11 is 0. The van der Waals surface area contributed by atoms with Crippen LogP contribution in [0.2, 0.25) is 0 Å². The molecule has 2 fully saturated rings. The van der Waals surface area contributed by atoms with Gasteiger partial charge in [-0.2, -0.15) is 0 Å². The highest BCUT2D eigenvalue weighted by molar-refractivity contribution is 5.89. The van der Waals surface area contributed by atoms with Gasteiger partial charge in [0.25, 0.3) is 0 Å². The fourth-order valence-corrected chi connectivity index (χ4v) is 5.16. The van der Waals surface area contributed by atoms with Crippen molar-refractivity contribution in [2.45, 2.75) is 51.0 Å². The lowest BCUT2D eigenvalue weighted by atomic mass is 9.86. The molecule has 2 saturated carbocycles. The van der Waals surface area contributed by atoms with E-state index in [1.165, 1.54) is 5.56 Å². The van der Waals surface area contributed by atoms with E-state index < -0.39 is 0 Å². The van der Waals surface area contributed by atoms with Gasteiger partial charge in [-0.1, -0.05) is 48.5 Å². The molecule has 0 N–H and O–H groups in total. The first kappa shape index (κ1) is 20.5. The van der Waals surface area contributed by atoms with Crippen molar-refractivity contribution in [2.75, 3.05) is 0 Å². The predicted octanol–water partition coefficient (Wildman–Crippen LogP) is 4.81. The molecule has 2 aliphatic carbocycles. The number of carbonyl (C=O) groups is 3. The second-order valence-corrected chi connectivity index (χ2v) is 8.64. The van der Waals surface area contributed by atoms with E-state index in [0.29, 0.717) is 43.5 Å². The molecule has 0 radical (unpaired) electrons. The van der Waals surface area contributed by atoms with Gasteiger partial charge in [-0.25, -0.2) is 4.79 Å². The maximum atomic E-state index is 12.6. The normalized spacial score (nSPS) is 25.1. The Morgan fingerprint density at radius 2 is 1.60 bits per heavy atom. The summed E-state index contributed by atoms with van der Waals surface area (Å²) in [6.45, 7) is 0. The van der Waals surface area contributed by atoms with Crippen molar-refractivity contribution in [3.8, 4) is 0 Å². The molecule has 0 heterocycles. The number of Topliss-reactive ketones (excluding diaryl/α,β-unsaturated/α-hetero) is 2. The summed E-state index contributed by atoms with van der Waals surface area (Å²) in [5.74, 6) is 0.851. The molecule has 4 nitrogen and oxygen atoms in total. The highest BCUT2D eigenvalue weighted by atomic mass is 16.5. The maximum absolute atomic E-state index is 12.6. The number of fused-ring (bicyclic) bond motifs is 1. The second-order valence-electron chi connectivity index (χ2n) is 8.64. The Bertz CT molecular complexity index is 890. The average molecular weight is 405 g/mol. The van der Waals surface area contributed by atoms with Crippen LogP contribution in [-0.4, -0.2) is 23.6 Å². The van der Waals surface area contributed by atoms with Crippen molar-refractivity contribution in [3.63, 3.8) is 0 Å². The number of rotatable bonds is 8. The average Bonchev–Trinajstić information content (AvgIpc) is 3.27. The summed E-state index contributed by atoms with van der Waals surface area (Å²) in [6, 6.07) is 19.0. The molecule has 2 aromatic rings. The topological polar surface area (TPSA) is 60.4 Å². The fourth-order valence-electron chi connectivity index (χ4n) is 5.16. The van der Waals surface area contributed by atoms with Crippen molar-refractivity contribution < 1.29 is 19.1 Å². The number of hydrogen-bond donors (Lipinski definition) is 0. The van der Waals surface area contributed by atoms with Crippen LogP contribution in [0.5, 0.6) is 0 Å². The summed E-state index contributed by atoms with van der Waals surface area (Å²) < 4.78 is 5.88. The smallest absolute Gasteiger partial charge is 0.338 e. The van der Waals surface area contributed by atoms with Gasteiger partial charge in [0.2, 0.25) is 0 Å². The highest BCUT2D eigenvalue weighted by Gasteiger charge is 2.49. The number of ether oxygens (including phenoxy) is 1. The van der Waals surface area contributed by atoms with Crippen LogP contribution in [0.25, 0.3) is 0 Å². The summed E-state index contributed by atoms with van der Waals surface area (Å²) in [7, 11) is 0. The summed E-state index contributed by atoms with van der Waals surface area (Å²) in [6.07, 6.45) is 4.12. The Morgan fingerprint density at radius 1 is 0.900 bits per heavy atom. The van der Waals surface area contributed by atoms with E-state index in [4.69, 9.17) is 4.74 Å². The van der Waals surface area contributed by atoms with E-state index in [1.54, 1.807) is 12.1 Å². The number of aryl methyl sites for hydroxylation is 1. The SMILES string of the molecule is O=C(CCc1ccccc1)CC[C@H]1[C@H](OC(=O)c2ccccc2)CC2CC(=O)C[C@@H]21. The Hall–Kier alpha value is -2.75. The quantitative estimate of drug-likeness (QED) is 0.593. The number of carbonyl (C=O) groups excluding carboxylic acids is 3. The highest BCUT2D eigenvalue weighted by Crippen LogP contribution is 2.49. The van der Waals surface area contributed by atoms with E-state index >= 15 is 0 Å². The van der Waals surface area contributed by atoms with Crippen LogP contribution in [-0.2, 0) is 20.7 Å². The van der Waals surface area contributed by atoms with Crippen LogP contribution < -0.4 is 0 Å². The van der Waals surface area contributed by atoms with Crippen molar-refractivity contribution in [2.24, 2.45) is 17.8 Å². The fraction of sp³-hybridized carbons (Fsp3) is 0.423. The van der Waals surface area contributed by atoms with Gasteiger partial charge in [0.05, 0.1) is 5.56 Å². The van der Waals surface area contributed by atoms with Crippen LogP contribution >= 0.6 is 0 Å². The van der Waals surface area contributed by atoms with Crippen molar-refractivity contribution >= 4 is 17.5 Å². The number of ketones is 2. The summed E-state index contributed by atoms with van der Waals surface area (Å²) in [5.41, 5.74) is 1.71. The van der Waals surface area contributed by atoms with E-state index in [-0.39, 0.29) is 35.6 Å². The molecule has 0 aromatic heterocycles.